The molecule has 1 N–H and O–H groups in total. The lowest BCUT2D eigenvalue weighted by molar-refractivity contribution is 0.269. The van der Waals surface area contributed by atoms with Crippen LogP contribution in [0, 0.1) is 0 Å². The average Bonchev–Trinajstić information content (AvgIpc) is 3.06. The maximum atomic E-state index is 6.43. The van der Waals surface area contributed by atoms with E-state index in [-0.39, 0.29) is 0 Å². The molecule has 0 atom stereocenters. The number of nitrogens with zero attached hydrogens (tertiary/aromatic N) is 4. The number of hydrogen-bond acceptors (Lipinski definition) is 6. The van der Waals surface area contributed by atoms with E-state index in [1.807, 2.05) is 37.3 Å². The smallest absolute Gasteiger partial charge is 0.242 e. The predicted molar refractivity (Wildman–Crippen MR) is 105 cm³/mol. The SMILES string of the molecule is CCOc1cc(CNc2nnnn2C)c(Cl)cc1OCc1ccccc1Cl. The summed E-state index contributed by atoms with van der Waals surface area (Å²) in [5, 5.41) is 15.6. The standard InChI is InChI=1S/C18H19Cl2N5O2/c1-3-26-16-8-13(10-21-18-22-23-24-25(18)2)15(20)9-17(16)27-11-12-6-4-5-7-14(12)19/h4-9H,3,10-11H2,1-2H3,(H,21,22,24). The first-order valence-electron chi connectivity index (χ1n) is 8.36. The van der Waals surface area contributed by atoms with Crippen molar-refractivity contribution in [3.63, 3.8) is 0 Å². The Bertz CT molecular complexity index is 917. The number of ether oxygens (including phenoxy) is 2. The van der Waals surface area contributed by atoms with Crippen LogP contribution in [0.5, 0.6) is 11.5 Å². The van der Waals surface area contributed by atoms with Crippen LogP contribution in [0.15, 0.2) is 36.4 Å². The second kappa shape index (κ2) is 8.92. The molecule has 0 aliphatic carbocycles. The molecule has 0 saturated heterocycles. The van der Waals surface area contributed by atoms with Crippen LogP contribution in [-0.4, -0.2) is 26.8 Å². The highest BCUT2D eigenvalue weighted by molar-refractivity contribution is 6.31. The van der Waals surface area contributed by atoms with Crippen LogP contribution in [0.4, 0.5) is 5.95 Å². The molecule has 2 aromatic carbocycles. The minimum absolute atomic E-state index is 0.318. The molecule has 1 heterocycles. The van der Waals surface area contributed by atoms with Gasteiger partial charge in [-0.25, -0.2) is 4.68 Å². The van der Waals surface area contributed by atoms with Gasteiger partial charge in [0, 0.05) is 35.3 Å². The summed E-state index contributed by atoms with van der Waals surface area (Å²) in [7, 11) is 1.75. The first-order chi connectivity index (χ1) is 13.1. The zero-order valence-electron chi connectivity index (χ0n) is 14.9. The van der Waals surface area contributed by atoms with Gasteiger partial charge in [0.15, 0.2) is 11.5 Å². The molecule has 27 heavy (non-hydrogen) atoms. The number of aryl methyl sites for hydroxylation is 1. The van der Waals surface area contributed by atoms with Crippen molar-refractivity contribution < 1.29 is 9.47 Å². The van der Waals surface area contributed by atoms with Crippen LogP contribution in [0.2, 0.25) is 10.0 Å². The molecule has 0 bridgehead atoms. The molecule has 9 heteroatoms. The third-order valence-electron chi connectivity index (χ3n) is 3.81. The van der Waals surface area contributed by atoms with Gasteiger partial charge in [0.05, 0.1) is 6.61 Å². The highest BCUT2D eigenvalue weighted by Gasteiger charge is 2.13. The molecule has 0 unspecified atom stereocenters. The first kappa shape index (κ1) is 19.3. The number of rotatable bonds is 8. The molecule has 0 spiro atoms. The minimum Gasteiger partial charge on any atom is -0.490 e. The van der Waals surface area contributed by atoms with Gasteiger partial charge in [-0.15, -0.1) is 0 Å². The Hall–Kier alpha value is -2.51. The molecule has 142 valence electrons. The molecule has 0 amide bonds. The molecule has 3 aromatic rings. The maximum Gasteiger partial charge on any atom is 0.242 e. The van der Waals surface area contributed by atoms with E-state index in [1.54, 1.807) is 17.8 Å². The van der Waals surface area contributed by atoms with E-state index in [1.165, 1.54) is 0 Å². The molecule has 0 radical (unpaired) electrons. The number of aromatic nitrogens is 4. The normalized spacial score (nSPS) is 10.7. The zero-order valence-corrected chi connectivity index (χ0v) is 16.5. The molecular formula is C18H19Cl2N5O2. The lowest BCUT2D eigenvalue weighted by Crippen LogP contribution is -2.07. The van der Waals surface area contributed by atoms with Crippen molar-refractivity contribution in [2.45, 2.75) is 20.1 Å². The van der Waals surface area contributed by atoms with Crippen molar-refractivity contribution in [2.75, 3.05) is 11.9 Å². The number of hydrogen-bond donors (Lipinski definition) is 1. The summed E-state index contributed by atoms with van der Waals surface area (Å²) >= 11 is 12.6. The van der Waals surface area contributed by atoms with Crippen LogP contribution in [0.3, 0.4) is 0 Å². The molecule has 0 aliphatic rings. The van der Waals surface area contributed by atoms with Gasteiger partial charge in [0.1, 0.15) is 6.61 Å². The van der Waals surface area contributed by atoms with Gasteiger partial charge in [-0.2, -0.15) is 0 Å². The van der Waals surface area contributed by atoms with Crippen LogP contribution >= 0.6 is 23.2 Å². The van der Waals surface area contributed by atoms with Crippen molar-refractivity contribution in [1.82, 2.24) is 20.2 Å². The van der Waals surface area contributed by atoms with E-state index in [0.29, 0.717) is 47.3 Å². The summed E-state index contributed by atoms with van der Waals surface area (Å²) in [4.78, 5) is 0. The predicted octanol–water partition coefficient (Wildman–Crippen LogP) is 4.11. The molecule has 1 aromatic heterocycles. The summed E-state index contributed by atoms with van der Waals surface area (Å²) in [6, 6.07) is 11.1. The summed E-state index contributed by atoms with van der Waals surface area (Å²) in [6.45, 7) is 3.18. The Morgan fingerprint density at radius 2 is 1.81 bits per heavy atom. The van der Waals surface area contributed by atoms with Crippen molar-refractivity contribution >= 4 is 29.2 Å². The average molecular weight is 408 g/mol. The lowest BCUT2D eigenvalue weighted by atomic mass is 10.2. The summed E-state index contributed by atoms with van der Waals surface area (Å²) in [5.74, 6) is 1.72. The summed E-state index contributed by atoms with van der Waals surface area (Å²) in [5.41, 5.74) is 1.73. The van der Waals surface area contributed by atoms with Crippen molar-refractivity contribution in [2.24, 2.45) is 7.05 Å². The van der Waals surface area contributed by atoms with Gasteiger partial charge in [-0.1, -0.05) is 46.5 Å². The summed E-state index contributed by atoms with van der Waals surface area (Å²) < 4.78 is 13.2. The van der Waals surface area contributed by atoms with E-state index >= 15 is 0 Å². The molecule has 7 nitrogen and oxygen atoms in total. The molecular weight excluding hydrogens is 389 g/mol. The fraction of sp³-hybridized carbons (Fsp3) is 0.278. The largest absolute Gasteiger partial charge is 0.490 e. The van der Waals surface area contributed by atoms with E-state index in [2.05, 4.69) is 20.8 Å². The quantitative estimate of drug-likeness (QED) is 0.605. The Morgan fingerprint density at radius 1 is 1.04 bits per heavy atom. The Kier molecular flexibility index (Phi) is 6.36. The van der Waals surface area contributed by atoms with Gasteiger partial charge in [0.2, 0.25) is 5.95 Å². The Balaban J connectivity index is 1.77. The lowest BCUT2D eigenvalue weighted by Gasteiger charge is -2.15. The number of nitrogens with one attached hydrogen (secondary N) is 1. The number of anilines is 1. The fourth-order valence-corrected chi connectivity index (χ4v) is 2.83. The first-order valence-corrected chi connectivity index (χ1v) is 9.11. The van der Waals surface area contributed by atoms with E-state index in [4.69, 9.17) is 32.7 Å². The van der Waals surface area contributed by atoms with E-state index < -0.39 is 0 Å². The third kappa shape index (κ3) is 4.81. The zero-order chi connectivity index (χ0) is 19.2. The molecule has 0 saturated carbocycles. The van der Waals surface area contributed by atoms with Crippen LogP contribution < -0.4 is 14.8 Å². The maximum absolute atomic E-state index is 6.43. The highest BCUT2D eigenvalue weighted by atomic mass is 35.5. The number of benzene rings is 2. The fourth-order valence-electron chi connectivity index (χ4n) is 2.42. The van der Waals surface area contributed by atoms with Crippen LogP contribution in [0.1, 0.15) is 18.1 Å². The van der Waals surface area contributed by atoms with Crippen molar-refractivity contribution in [3.05, 3.63) is 57.6 Å². The topological polar surface area (TPSA) is 74.1 Å². The number of tetrazole rings is 1. The monoisotopic (exact) mass is 407 g/mol. The van der Waals surface area contributed by atoms with E-state index in [0.717, 1.165) is 11.1 Å². The molecule has 3 rings (SSSR count). The van der Waals surface area contributed by atoms with Gasteiger partial charge in [0.25, 0.3) is 0 Å². The van der Waals surface area contributed by atoms with Crippen LogP contribution in [0.25, 0.3) is 0 Å². The number of halogens is 2. The third-order valence-corrected chi connectivity index (χ3v) is 4.53. The van der Waals surface area contributed by atoms with Gasteiger partial charge < -0.3 is 14.8 Å². The Labute approximate surface area is 167 Å². The van der Waals surface area contributed by atoms with Crippen molar-refractivity contribution in [3.8, 4) is 11.5 Å². The minimum atomic E-state index is 0.318. The molecule has 0 fully saturated rings. The van der Waals surface area contributed by atoms with Gasteiger partial charge in [-0.3, -0.25) is 0 Å². The van der Waals surface area contributed by atoms with Gasteiger partial charge >= 0.3 is 0 Å². The molecule has 0 aliphatic heterocycles. The van der Waals surface area contributed by atoms with Crippen molar-refractivity contribution in [1.29, 1.82) is 0 Å². The second-order valence-corrected chi connectivity index (χ2v) is 6.50. The highest BCUT2D eigenvalue weighted by Crippen LogP contribution is 2.35. The van der Waals surface area contributed by atoms with E-state index in [9.17, 15) is 0 Å². The summed E-state index contributed by atoms with van der Waals surface area (Å²) in [6.07, 6.45) is 0. The second-order valence-electron chi connectivity index (χ2n) is 5.68. The van der Waals surface area contributed by atoms with Crippen LogP contribution in [-0.2, 0) is 20.2 Å². The Morgan fingerprint density at radius 3 is 2.52 bits per heavy atom. The van der Waals surface area contributed by atoms with Gasteiger partial charge in [-0.05, 0) is 35.0 Å².